The van der Waals surface area contributed by atoms with Crippen molar-refractivity contribution in [3.63, 3.8) is 0 Å². The lowest BCUT2D eigenvalue weighted by Gasteiger charge is -2.35. The van der Waals surface area contributed by atoms with Crippen LogP contribution in [0.15, 0.2) is 48.5 Å². The average molecular weight is 509 g/mol. The first-order valence-corrected chi connectivity index (χ1v) is 12.0. The second-order valence-electron chi connectivity index (χ2n) is 9.94. The molecule has 0 saturated carbocycles. The Morgan fingerprint density at radius 1 is 1.05 bits per heavy atom. The molecule has 2 aromatic carbocycles. The molecular weight excluding hydrogens is 479 g/mol. The third-order valence-corrected chi connectivity index (χ3v) is 5.88. The molecule has 3 amide bonds. The molecule has 0 aromatic heterocycles. The molecule has 0 bridgehead atoms. The van der Waals surface area contributed by atoms with Crippen molar-refractivity contribution >= 4 is 40.6 Å². The molecule has 4 rings (SSSR count). The normalized spacial score (nSPS) is 16.8. The number of rotatable bonds is 5. The number of nitrogens with zero attached hydrogens (tertiary/aromatic N) is 2. The summed E-state index contributed by atoms with van der Waals surface area (Å²) in [6.07, 6.45) is 0.831. The standard InChI is InChI=1S/C27H29FN4O5/c1-27(2,3)37-26(36)32-12-10-31(11-13-32)16-24(34)29-19-7-4-17(5-8-19)23(33)15-21-20-14-18(28)6-9-22(20)30-25(21)35/h4-9,14-15H,10-13,16H2,1-3H3,(H,29,34)(H,30,35)/b21-15-. The first-order chi connectivity index (χ1) is 17.5. The van der Waals surface area contributed by atoms with E-state index in [1.807, 2.05) is 25.7 Å². The first kappa shape index (κ1) is 26.0. The van der Waals surface area contributed by atoms with Crippen LogP contribution in [0.4, 0.5) is 20.6 Å². The smallest absolute Gasteiger partial charge is 0.410 e. The number of benzene rings is 2. The lowest BCUT2D eigenvalue weighted by molar-refractivity contribution is -0.117. The number of anilines is 2. The number of carbonyl (C=O) groups is 4. The van der Waals surface area contributed by atoms with Crippen LogP contribution in [0.5, 0.6) is 0 Å². The van der Waals surface area contributed by atoms with Gasteiger partial charge in [-0.15, -0.1) is 0 Å². The van der Waals surface area contributed by atoms with Crippen molar-refractivity contribution in [2.75, 3.05) is 43.4 Å². The van der Waals surface area contributed by atoms with Crippen LogP contribution in [-0.2, 0) is 14.3 Å². The Morgan fingerprint density at radius 3 is 2.38 bits per heavy atom. The number of piperazine rings is 1. The van der Waals surface area contributed by atoms with E-state index in [0.29, 0.717) is 48.7 Å². The molecule has 37 heavy (non-hydrogen) atoms. The molecule has 2 aromatic rings. The third kappa shape index (κ3) is 6.59. The summed E-state index contributed by atoms with van der Waals surface area (Å²) in [4.78, 5) is 53.2. The molecule has 2 heterocycles. The topological polar surface area (TPSA) is 108 Å². The van der Waals surface area contributed by atoms with Crippen molar-refractivity contribution in [3.05, 3.63) is 65.5 Å². The van der Waals surface area contributed by atoms with Gasteiger partial charge in [-0.2, -0.15) is 0 Å². The van der Waals surface area contributed by atoms with Crippen LogP contribution in [0.2, 0.25) is 0 Å². The molecule has 9 nitrogen and oxygen atoms in total. The summed E-state index contributed by atoms with van der Waals surface area (Å²) >= 11 is 0. The van der Waals surface area contributed by atoms with Gasteiger partial charge in [-0.25, -0.2) is 9.18 Å². The highest BCUT2D eigenvalue weighted by atomic mass is 19.1. The fraction of sp³-hybridized carbons (Fsp3) is 0.333. The molecule has 1 fully saturated rings. The molecule has 0 atom stereocenters. The lowest BCUT2D eigenvalue weighted by Crippen LogP contribution is -2.51. The number of amides is 3. The molecule has 0 spiro atoms. The summed E-state index contributed by atoms with van der Waals surface area (Å²) in [5.74, 6) is -1.60. The third-order valence-electron chi connectivity index (χ3n) is 5.88. The Labute approximate surface area is 214 Å². The number of ketones is 1. The van der Waals surface area contributed by atoms with Crippen LogP contribution in [0.1, 0.15) is 36.7 Å². The van der Waals surface area contributed by atoms with E-state index in [1.165, 1.54) is 24.3 Å². The van der Waals surface area contributed by atoms with Crippen molar-refractivity contribution in [2.45, 2.75) is 26.4 Å². The van der Waals surface area contributed by atoms with Crippen LogP contribution in [0.3, 0.4) is 0 Å². The zero-order chi connectivity index (χ0) is 26.7. The van der Waals surface area contributed by atoms with Gasteiger partial charge in [-0.1, -0.05) is 0 Å². The molecule has 0 aliphatic carbocycles. The van der Waals surface area contributed by atoms with Gasteiger partial charge in [-0.05, 0) is 69.3 Å². The predicted octanol–water partition coefficient (Wildman–Crippen LogP) is 3.54. The monoisotopic (exact) mass is 508 g/mol. The Kier molecular flexibility index (Phi) is 7.40. The number of halogens is 1. The zero-order valence-corrected chi connectivity index (χ0v) is 21.0. The van der Waals surface area contributed by atoms with Gasteiger partial charge in [0.1, 0.15) is 11.4 Å². The van der Waals surface area contributed by atoms with Crippen molar-refractivity contribution in [2.24, 2.45) is 0 Å². The molecule has 194 valence electrons. The summed E-state index contributed by atoms with van der Waals surface area (Å²) in [6.45, 7) is 7.68. The molecule has 0 unspecified atom stereocenters. The fourth-order valence-electron chi connectivity index (χ4n) is 4.05. The average Bonchev–Trinajstić information content (AvgIpc) is 3.13. The number of carbonyl (C=O) groups excluding carboxylic acids is 4. The summed E-state index contributed by atoms with van der Waals surface area (Å²) in [6, 6.07) is 10.2. The first-order valence-electron chi connectivity index (χ1n) is 12.0. The maximum atomic E-state index is 13.6. The van der Waals surface area contributed by atoms with E-state index in [4.69, 9.17) is 4.74 Å². The van der Waals surface area contributed by atoms with E-state index in [2.05, 4.69) is 10.6 Å². The molecular formula is C27H29FN4O5. The molecule has 1 saturated heterocycles. The quantitative estimate of drug-likeness (QED) is 0.473. The fourth-order valence-corrected chi connectivity index (χ4v) is 4.05. The van der Waals surface area contributed by atoms with Gasteiger partial charge in [0.15, 0.2) is 5.78 Å². The van der Waals surface area contributed by atoms with E-state index >= 15 is 0 Å². The second kappa shape index (κ2) is 10.5. The van der Waals surface area contributed by atoms with Crippen molar-refractivity contribution < 1.29 is 28.3 Å². The summed E-state index contributed by atoms with van der Waals surface area (Å²) < 4.78 is 19.0. The summed E-state index contributed by atoms with van der Waals surface area (Å²) in [5, 5.41) is 5.41. The van der Waals surface area contributed by atoms with Crippen LogP contribution in [-0.4, -0.2) is 71.8 Å². The Balaban J connectivity index is 1.29. The predicted molar refractivity (Wildman–Crippen MR) is 137 cm³/mol. The summed E-state index contributed by atoms with van der Waals surface area (Å²) in [7, 11) is 0. The highest BCUT2D eigenvalue weighted by Gasteiger charge is 2.27. The van der Waals surface area contributed by atoms with Gasteiger partial charge < -0.3 is 20.3 Å². The Bertz CT molecular complexity index is 1260. The van der Waals surface area contributed by atoms with E-state index in [0.717, 1.165) is 0 Å². The minimum Gasteiger partial charge on any atom is -0.444 e. The van der Waals surface area contributed by atoms with Gasteiger partial charge >= 0.3 is 6.09 Å². The van der Waals surface area contributed by atoms with Gasteiger partial charge in [0.2, 0.25) is 5.91 Å². The number of allylic oxidation sites excluding steroid dienone is 1. The van der Waals surface area contributed by atoms with Gasteiger partial charge in [0, 0.05) is 48.7 Å². The minimum absolute atomic E-state index is 0.101. The Morgan fingerprint density at radius 2 is 1.73 bits per heavy atom. The molecule has 2 aliphatic rings. The molecule has 2 N–H and O–H groups in total. The van der Waals surface area contributed by atoms with E-state index in [9.17, 15) is 23.6 Å². The number of hydrogen-bond donors (Lipinski definition) is 2. The maximum absolute atomic E-state index is 13.6. The van der Waals surface area contributed by atoms with Crippen LogP contribution in [0.25, 0.3) is 5.57 Å². The molecule has 2 aliphatic heterocycles. The van der Waals surface area contributed by atoms with Crippen molar-refractivity contribution in [3.8, 4) is 0 Å². The van der Waals surface area contributed by atoms with E-state index in [-0.39, 0.29) is 24.1 Å². The largest absolute Gasteiger partial charge is 0.444 e. The summed E-state index contributed by atoms with van der Waals surface area (Å²) in [5.41, 5.74) is 1.18. The van der Waals surface area contributed by atoms with E-state index in [1.54, 1.807) is 29.2 Å². The second-order valence-corrected chi connectivity index (χ2v) is 9.94. The lowest BCUT2D eigenvalue weighted by atomic mass is 10.0. The van der Waals surface area contributed by atoms with Crippen molar-refractivity contribution in [1.29, 1.82) is 0 Å². The van der Waals surface area contributed by atoms with Gasteiger partial charge in [0.05, 0.1) is 12.1 Å². The zero-order valence-electron chi connectivity index (χ0n) is 21.0. The number of fused-ring (bicyclic) bond motifs is 1. The number of hydrogen-bond acceptors (Lipinski definition) is 6. The maximum Gasteiger partial charge on any atom is 0.410 e. The SMILES string of the molecule is CC(C)(C)OC(=O)N1CCN(CC(=O)Nc2ccc(C(=O)/C=C3\C(=O)Nc4ccc(F)cc43)cc2)CC1. The van der Waals surface area contributed by atoms with Gasteiger partial charge in [0.25, 0.3) is 5.91 Å². The number of ether oxygens (including phenoxy) is 1. The highest BCUT2D eigenvalue weighted by Crippen LogP contribution is 2.32. The van der Waals surface area contributed by atoms with Crippen LogP contribution in [0, 0.1) is 5.82 Å². The molecule has 0 radical (unpaired) electrons. The Hall–Kier alpha value is -4.05. The van der Waals surface area contributed by atoms with Crippen LogP contribution < -0.4 is 10.6 Å². The molecule has 10 heteroatoms. The number of nitrogens with one attached hydrogen (secondary N) is 2. The van der Waals surface area contributed by atoms with Crippen molar-refractivity contribution in [1.82, 2.24) is 9.80 Å². The van der Waals surface area contributed by atoms with Gasteiger partial charge in [-0.3, -0.25) is 19.3 Å². The minimum atomic E-state index is -0.554. The van der Waals surface area contributed by atoms with Crippen LogP contribution >= 0.6 is 0 Å². The highest BCUT2D eigenvalue weighted by molar-refractivity contribution is 6.35. The van der Waals surface area contributed by atoms with E-state index < -0.39 is 23.1 Å².